The van der Waals surface area contributed by atoms with Gasteiger partial charge in [0.2, 0.25) is 0 Å². The first-order valence-corrected chi connectivity index (χ1v) is 6.57. The summed E-state index contributed by atoms with van der Waals surface area (Å²) in [5.74, 6) is 2.11. The highest BCUT2D eigenvalue weighted by Gasteiger charge is 1.95. The summed E-state index contributed by atoms with van der Waals surface area (Å²) in [6.07, 6.45) is 2.18. The zero-order valence-corrected chi connectivity index (χ0v) is 14.4. The van der Waals surface area contributed by atoms with Gasteiger partial charge in [0.25, 0.3) is 0 Å². The predicted molar refractivity (Wildman–Crippen MR) is 93.3 cm³/mol. The Morgan fingerprint density at radius 2 is 1.90 bits per heavy atom. The van der Waals surface area contributed by atoms with Gasteiger partial charge < -0.3 is 20.5 Å². The average molecular weight is 393 g/mol. The molecule has 0 amide bonds. The van der Waals surface area contributed by atoms with E-state index in [9.17, 15) is 0 Å². The third kappa shape index (κ3) is 8.08. The molecule has 0 atom stereocenters. The van der Waals surface area contributed by atoms with Gasteiger partial charge in [0.1, 0.15) is 18.1 Å². The summed E-state index contributed by atoms with van der Waals surface area (Å²) in [7, 11) is 1.64. The number of aliphatic imine (C=N–C) groups is 1. The van der Waals surface area contributed by atoms with Crippen LogP contribution in [0.25, 0.3) is 0 Å². The molecule has 1 rings (SSSR count). The fraction of sp³-hybridized carbons (Fsp3) is 0.500. The Morgan fingerprint density at radius 3 is 2.50 bits per heavy atom. The lowest BCUT2D eigenvalue weighted by Gasteiger charge is -2.08. The minimum atomic E-state index is 0. The highest BCUT2D eigenvalue weighted by Crippen LogP contribution is 2.16. The van der Waals surface area contributed by atoms with Crippen LogP contribution in [0.4, 0.5) is 0 Å². The van der Waals surface area contributed by atoms with E-state index in [1.807, 2.05) is 24.3 Å². The van der Waals surface area contributed by atoms with E-state index in [1.54, 1.807) is 7.11 Å². The lowest BCUT2D eigenvalue weighted by Crippen LogP contribution is -2.34. The predicted octanol–water partition coefficient (Wildman–Crippen LogP) is 2.40. The first-order chi connectivity index (χ1) is 9.26. The number of benzene rings is 1. The molecule has 20 heavy (non-hydrogen) atoms. The second-order valence-corrected chi connectivity index (χ2v) is 4.07. The van der Waals surface area contributed by atoms with E-state index in [-0.39, 0.29) is 24.0 Å². The van der Waals surface area contributed by atoms with Crippen molar-refractivity contribution < 1.29 is 9.47 Å². The number of unbranched alkanes of at least 4 members (excludes halogenated alkanes) is 1. The van der Waals surface area contributed by atoms with Crippen LogP contribution in [0.15, 0.2) is 29.3 Å². The van der Waals surface area contributed by atoms with Gasteiger partial charge in [-0.25, -0.2) is 0 Å². The zero-order chi connectivity index (χ0) is 13.9. The lowest BCUT2D eigenvalue weighted by molar-refractivity contribution is 0.321. The maximum absolute atomic E-state index is 5.70. The Bertz CT molecular complexity index is 383. The van der Waals surface area contributed by atoms with Crippen LogP contribution >= 0.6 is 24.0 Å². The summed E-state index contributed by atoms with van der Waals surface area (Å²) >= 11 is 0. The summed E-state index contributed by atoms with van der Waals surface area (Å²) in [4.78, 5) is 4.19. The smallest absolute Gasteiger partial charge is 0.188 e. The number of hydrogen-bond acceptors (Lipinski definition) is 3. The maximum Gasteiger partial charge on any atom is 0.188 e. The molecule has 0 bridgehead atoms. The van der Waals surface area contributed by atoms with Crippen LogP contribution in [-0.4, -0.2) is 32.8 Å². The van der Waals surface area contributed by atoms with Gasteiger partial charge in [0.15, 0.2) is 5.96 Å². The molecule has 0 aliphatic heterocycles. The van der Waals surface area contributed by atoms with Crippen molar-refractivity contribution in [1.82, 2.24) is 5.32 Å². The van der Waals surface area contributed by atoms with E-state index in [1.165, 1.54) is 0 Å². The minimum Gasteiger partial charge on any atom is -0.497 e. The molecule has 6 heteroatoms. The Labute approximate surface area is 138 Å². The van der Waals surface area contributed by atoms with E-state index in [4.69, 9.17) is 15.2 Å². The molecule has 0 aliphatic carbocycles. The van der Waals surface area contributed by atoms with E-state index >= 15 is 0 Å². The van der Waals surface area contributed by atoms with Crippen LogP contribution in [0.2, 0.25) is 0 Å². The zero-order valence-electron chi connectivity index (χ0n) is 12.1. The molecule has 0 spiro atoms. The van der Waals surface area contributed by atoms with E-state index < -0.39 is 0 Å². The molecular formula is C14H24IN3O2. The van der Waals surface area contributed by atoms with Crippen LogP contribution < -0.4 is 20.5 Å². The van der Waals surface area contributed by atoms with Crippen LogP contribution in [0, 0.1) is 0 Å². The molecule has 1 aromatic rings. The van der Waals surface area contributed by atoms with Crippen molar-refractivity contribution in [1.29, 1.82) is 0 Å². The molecule has 114 valence electrons. The third-order valence-electron chi connectivity index (χ3n) is 2.53. The van der Waals surface area contributed by atoms with E-state index in [2.05, 4.69) is 17.2 Å². The highest BCUT2D eigenvalue weighted by atomic mass is 127. The van der Waals surface area contributed by atoms with Crippen LogP contribution in [0.1, 0.15) is 19.8 Å². The molecule has 5 nitrogen and oxygen atoms in total. The van der Waals surface area contributed by atoms with Crippen LogP contribution in [0.3, 0.4) is 0 Å². The Morgan fingerprint density at radius 1 is 1.25 bits per heavy atom. The molecule has 0 radical (unpaired) electrons. The molecule has 0 aromatic heterocycles. The fourth-order valence-corrected chi connectivity index (χ4v) is 1.43. The Kier molecular flexibility index (Phi) is 10.9. The minimum absolute atomic E-state index is 0. The summed E-state index contributed by atoms with van der Waals surface area (Å²) in [6.45, 7) is 4.07. The number of guanidine groups is 1. The van der Waals surface area contributed by atoms with Gasteiger partial charge in [-0.15, -0.1) is 24.0 Å². The van der Waals surface area contributed by atoms with Crippen LogP contribution in [0.5, 0.6) is 11.5 Å². The largest absolute Gasteiger partial charge is 0.497 e. The average Bonchev–Trinajstić information content (AvgIpc) is 2.44. The SMILES string of the molecule is CCCCN=C(N)NCCOc1ccc(OC)cc1.I. The number of nitrogens with two attached hydrogens (primary N) is 1. The monoisotopic (exact) mass is 393 g/mol. The molecule has 0 saturated heterocycles. The van der Waals surface area contributed by atoms with E-state index in [0.717, 1.165) is 30.9 Å². The molecule has 1 aromatic carbocycles. The first kappa shape index (κ1) is 18.8. The van der Waals surface area contributed by atoms with E-state index in [0.29, 0.717) is 19.1 Å². The standard InChI is InChI=1S/C14H23N3O2.HI/c1-3-4-9-16-14(15)17-10-11-19-13-7-5-12(18-2)6-8-13;/h5-8H,3-4,9-11H2,1-2H3,(H3,15,16,17);1H. The molecule has 0 unspecified atom stereocenters. The fourth-order valence-electron chi connectivity index (χ4n) is 1.43. The first-order valence-electron chi connectivity index (χ1n) is 6.57. The van der Waals surface area contributed by atoms with Gasteiger partial charge in [0.05, 0.1) is 13.7 Å². The summed E-state index contributed by atoms with van der Waals surface area (Å²) in [6, 6.07) is 7.47. The maximum atomic E-state index is 5.70. The van der Waals surface area contributed by atoms with Gasteiger partial charge in [-0.3, -0.25) is 4.99 Å². The number of hydrogen-bond donors (Lipinski definition) is 2. The number of rotatable bonds is 8. The molecule has 0 saturated carbocycles. The van der Waals surface area contributed by atoms with Gasteiger partial charge in [-0.2, -0.15) is 0 Å². The van der Waals surface area contributed by atoms with Crippen molar-refractivity contribution in [2.75, 3.05) is 26.8 Å². The van der Waals surface area contributed by atoms with Crippen molar-refractivity contribution in [2.24, 2.45) is 10.7 Å². The molecule has 0 fully saturated rings. The lowest BCUT2D eigenvalue weighted by atomic mass is 10.3. The third-order valence-corrected chi connectivity index (χ3v) is 2.53. The van der Waals surface area contributed by atoms with Crippen molar-refractivity contribution in [2.45, 2.75) is 19.8 Å². The van der Waals surface area contributed by atoms with Crippen LogP contribution in [-0.2, 0) is 0 Å². The number of nitrogens with zero attached hydrogens (tertiary/aromatic N) is 1. The van der Waals surface area contributed by atoms with Gasteiger partial charge in [-0.05, 0) is 30.7 Å². The molecule has 0 aliphatic rings. The summed E-state index contributed by atoms with van der Waals surface area (Å²) < 4.78 is 10.6. The summed E-state index contributed by atoms with van der Waals surface area (Å²) in [5, 5.41) is 3.01. The highest BCUT2D eigenvalue weighted by molar-refractivity contribution is 14.0. The number of nitrogens with one attached hydrogen (secondary N) is 1. The van der Waals surface area contributed by atoms with Crippen molar-refractivity contribution in [3.8, 4) is 11.5 Å². The quantitative estimate of drug-likeness (QED) is 0.308. The Hall–Kier alpha value is -1.18. The van der Waals surface area contributed by atoms with Gasteiger partial charge in [0, 0.05) is 6.54 Å². The molecule has 3 N–H and O–H groups in total. The Balaban J connectivity index is 0.00000361. The number of ether oxygens (including phenoxy) is 2. The molecule has 0 heterocycles. The summed E-state index contributed by atoms with van der Waals surface area (Å²) in [5.41, 5.74) is 5.70. The molecular weight excluding hydrogens is 369 g/mol. The normalized spacial score (nSPS) is 10.6. The van der Waals surface area contributed by atoms with Crippen molar-refractivity contribution in [3.63, 3.8) is 0 Å². The van der Waals surface area contributed by atoms with Gasteiger partial charge >= 0.3 is 0 Å². The number of methoxy groups -OCH3 is 1. The van der Waals surface area contributed by atoms with Gasteiger partial charge in [-0.1, -0.05) is 13.3 Å². The topological polar surface area (TPSA) is 68.9 Å². The van der Waals surface area contributed by atoms with Crippen molar-refractivity contribution >= 4 is 29.9 Å². The van der Waals surface area contributed by atoms with Crippen molar-refractivity contribution in [3.05, 3.63) is 24.3 Å². The second-order valence-electron chi connectivity index (χ2n) is 4.07. The second kappa shape index (κ2) is 11.6. The number of halogens is 1.